The van der Waals surface area contributed by atoms with E-state index in [0.717, 1.165) is 17.7 Å². The molecule has 1 aromatic carbocycles. The van der Waals surface area contributed by atoms with Crippen molar-refractivity contribution >= 4 is 0 Å². The molecule has 1 aromatic heterocycles. The number of rotatable bonds is 4. The Morgan fingerprint density at radius 3 is 2.88 bits per heavy atom. The molecule has 0 aliphatic rings. The highest BCUT2D eigenvalue weighted by Gasteiger charge is 2.14. The van der Waals surface area contributed by atoms with Gasteiger partial charge in [0.05, 0.1) is 18.1 Å². The minimum atomic E-state index is -0.0531. The molecule has 2 aromatic rings. The molecular formula is C13H18N4. The second kappa shape index (κ2) is 5.12. The fourth-order valence-corrected chi connectivity index (χ4v) is 1.93. The van der Waals surface area contributed by atoms with E-state index in [2.05, 4.69) is 41.6 Å². The molecule has 0 fully saturated rings. The summed E-state index contributed by atoms with van der Waals surface area (Å²) in [5.41, 5.74) is 6.21. The topological polar surface area (TPSA) is 55.9 Å². The summed E-state index contributed by atoms with van der Waals surface area (Å²) < 4.78 is 1.92. The summed E-state index contributed by atoms with van der Waals surface area (Å²) >= 11 is 0. The molecular weight excluding hydrogens is 212 g/mol. The molecule has 1 unspecified atom stereocenters. The molecule has 1 atom stereocenters. The highest BCUT2D eigenvalue weighted by atomic mass is 15.2. The first kappa shape index (κ1) is 11.8. The fraction of sp³-hybridized carbons (Fsp3) is 0.308. The normalized spacial score (nSPS) is 12.6. The predicted molar refractivity (Wildman–Crippen MR) is 68.2 cm³/mol. The Morgan fingerprint density at radius 1 is 1.47 bits per heavy atom. The Hall–Kier alpha value is -1.65. The van der Waals surface area contributed by atoms with Crippen LogP contribution in [0.15, 0.2) is 36.8 Å². The van der Waals surface area contributed by atoms with Gasteiger partial charge in [-0.1, -0.05) is 31.2 Å². The molecule has 0 saturated heterocycles. The highest BCUT2D eigenvalue weighted by molar-refractivity contribution is 5.30. The number of nitrogens with zero attached hydrogens (tertiary/aromatic N) is 2. The van der Waals surface area contributed by atoms with Gasteiger partial charge in [-0.3, -0.25) is 5.84 Å². The maximum absolute atomic E-state index is 5.64. The predicted octanol–water partition coefficient (Wildman–Crippen LogP) is 1.54. The standard InChI is InChI=1S/C13H18N4/c1-3-10-5-4-6-11(7-10)13(16-14)12-8-17(2)9-15-12/h4-9,13,16H,3,14H2,1-2H3. The van der Waals surface area contributed by atoms with Crippen molar-refractivity contribution in [3.63, 3.8) is 0 Å². The molecule has 90 valence electrons. The first-order valence-electron chi connectivity index (χ1n) is 5.77. The fourth-order valence-electron chi connectivity index (χ4n) is 1.93. The van der Waals surface area contributed by atoms with Crippen molar-refractivity contribution in [3.05, 3.63) is 53.6 Å². The number of benzene rings is 1. The zero-order valence-electron chi connectivity index (χ0n) is 10.2. The SMILES string of the molecule is CCc1cccc(C(NN)c2cn(C)cn2)c1. The first-order chi connectivity index (χ1) is 8.24. The number of hydrazine groups is 1. The number of imidazole rings is 1. The van der Waals surface area contributed by atoms with Crippen LogP contribution in [-0.2, 0) is 13.5 Å². The van der Waals surface area contributed by atoms with Crippen molar-refractivity contribution in [3.8, 4) is 0 Å². The van der Waals surface area contributed by atoms with Crippen molar-refractivity contribution in [2.75, 3.05) is 0 Å². The molecule has 0 spiro atoms. The quantitative estimate of drug-likeness (QED) is 0.618. The molecule has 1 heterocycles. The van der Waals surface area contributed by atoms with Gasteiger partial charge in [0.2, 0.25) is 0 Å². The van der Waals surface area contributed by atoms with Crippen LogP contribution in [0.2, 0.25) is 0 Å². The van der Waals surface area contributed by atoms with E-state index in [-0.39, 0.29) is 6.04 Å². The van der Waals surface area contributed by atoms with Crippen LogP contribution < -0.4 is 11.3 Å². The summed E-state index contributed by atoms with van der Waals surface area (Å²) in [6.45, 7) is 2.14. The van der Waals surface area contributed by atoms with Crippen LogP contribution in [0.4, 0.5) is 0 Å². The van der Waals surface area contributed by atoms with Crippen molar-refractivity contribution in [1.29, 1.82) is 0 Å². The van der Waals surface area contributed by atoms with E-state index in [1.54, 1.807) is 6.33 Å². The smallest absolute Gasteiger partial charge is 0.0947 e. The third kappa shape index (κ3) is 2.54. The number of aryl methyl sites for hydroxylation is 2. The Balaban J connectivity index is 2.34. The minimum absolute atomic E-state index is 0.0531. The largest absolute Gasteiger partial charge is 0.340 e. The molecule has 4 nitrogen and oxygen atoms in total. The molecule has 4 heteroatoms. The second-order valence-electron chi connectivity index (χ2n) is 4.16. The Labute approximate surface area is 101 Å². The van der Waals surface area contributed by atoms with Crippen LogP contribution in [-0.4, -0.2) is 9.55 Å². The van der Waals surface area contributed by atoms with Crippen LogP contribution in [0.1, 0.15) is 29.8 Å². The zero-order chi connectivity index (χ0) is 12.3. The van der Waals surface area contributed by atoms with Crippen LogP contribution >= 0.6 is 0 Å². The third-order valence-electron chi connectivity index (χ3n) is 2.88. The summed E-state index contributed by atoms with van der Waals surface area (Å²) in [6, 6.07) is 8.36. The average molecular weight is 230 g/mol. The molecule has 3 N–H and O–H groups in total. The van der Waals surface area contributed by atoms with Gasteiger partial charge in [0.1, 0.15) is 0 Å². The Kier molecular flexibility index (Phi) is 3.56. The summed E-state index contributed by atoms with van der Waals surface area (Å²) in [6.07, 6.45) is 4.78. The second-order valence-corrected chi connectivity index (χ2v) is 4.16. The van der Waals surface area contributed by atoms with Gasteiger partial charge in [0.25, 0.3) is 0 Å². The van der Waals surface area contributed by atoms with Gasteiger partial charge in [-0.2, -0.15) is 0 Å². The van der Waals surface area contributed by atoms with Gasteiger partial charge in [-0.05, 0) is 17.5 Å². The van der Waals surface area contributed by atoms with E-state index in [9.17, 15) is 0 Å². The number of hydrogen-bond acceptors (Lipinski definition) is 3. The van der Waals surface area contributed by atoms with Gasteiger partial charge in [0.15, 0.2) is 0 Å². The van der Waals surface area contributed by atoms with Crippen molar-refractivity contribution in [1.82, 2.24) is 15.0 Å². The van der Waals surface area contributed by atoms with E-state index in [1.807, 2.05) is 17.8 Å². The minimum Gasteiger partial charge on any atom is -0.340 e. The van der Waals surface area contributed by atoms with E-state index >= 15 is 0 Å². The summed E-state index contributed by atoms with van der Waals surface area (Å²) in [5.74, 6) is 5.64. The third-order valence-corrected chi connectivity index (χ3v) is 2.88. The van der Waals surface area contributed by atoms with Crippen molar-refractivity contribution < 1.29 is 0 Å². The molecule has 2 rings (SSSR count). The lowest BCUT2D eigenvalue weighted by Gasteiger charge is -2.14. The molecule has 0 aliphatic heterocycles. The summed E-state index contributed by atoms with van der Waals surface area (Å²) in [4.78, 5) is 4.34. The lowest BCUT2D eigenvalue weighted by molar-refractivity contribution is 0.622. The number of aromatic nitrogens is 2. The maximum atomic E-state index is 5.64. The number of nitrogens with one attached hydrogen (secondary N) is 1. The molecule has 0 saturated carbocycles. The first-order valence-corrected chi connectivity index (χ1v) is 5.77. The van der Waals surface area contributed by atoms with Crippen LogP contribution in [0.25, 0.3) is 0 Å². The van der Waals surface area contributed by atoms with Crippen LogP contribution in [0.3, 0.4) is 0 Å². The molecule has 0 radical (unpaired) electrons. The lowest BCUT2D eigenvalue weighted by atomic mass is 10.0. The highest BCUT2D eigenvalue weighted by Crippen LogP contribution is 2.20. The molecule has 0 aliphatic carbocycles. The van der Waals surface area contributed by atoms with Gasteiger partial charge in [0, 0.05) is 13.2 Å². The Morgan fingerprint density at radius 2 is 2.29 bits per heavy atom. The zero-order valence-corrected chi connectivity index (χ0v) is 10.2. The van der Waals surface area contributed by atoms with Crippen molar-refractivity contribution in [2.24, 2.45) is 12.9 Å². The van der Waals surface area contributed by atoms with E-state index in [4.69, 9.17) is 5.84 Å². The summed E-state index contributed by atoms with van der Waals surface area (Å²) in [7, 11) is 1.95. The van der Waals surface area contributed by atoms with E-state index < -0.39 is 0 Å². The van der Waals surface area contributed by atoms with Crippen molar-refractivity contribution in [2.45, 2.75) is 19.4 Å². The maximum Gasteiger partial charge on any atom is 0.0947 e. The van der Waals surface area contributed by atoms with E-state index in [0.29, 0.717) is 0 Å². The van der Waals surface area contributed by atoms with Gasteiger partial charge >= 0.3 is 0 Å². The van der Waals surface area contributed by atoms with E-state index in [1.165, 1.54) is 5.56 Å². The van der Waals surface area contributed by atoms with Crippen LogP contribution in [0, 0.1) is 0 Å². The average Bonchev–Trinajstić information content (AvgIpc) is 2.77. The monoisotopic (exact) mass is 230 g/mol. The van der Waals surface area contributed by atoms with Crippen LogP contribution in [0.5, 0.6) is 0 Å². The lowest BCUT2D eigenvalue weighted by Crippen LogP contribution is -2.29. The molecule has 0 bridgehead atoms. The summed E-state index contributed by atoms with van der Waals surface area (Å²) in [5, 5.41) is 0. The molecule has 17 heavy (non-hydrogen) atoms. The van der Waals surface area contributed by atoms with Gasteiger partial charge in [-0.15, -0.1) is 0 Å². The Bertz CT molecular complexity index is 490. The molecule has 0 amide bonds. The van der Waals surface area contributed by atoms with Gasteiger partial charge in [-0.25, -0.2) is 10.4 Å². The number of nitrogens with two attached hydrogens (primary N) is 1. The van der Waals surface area contributed by atoms with Gasteiger partial charge < -0.3 is 4.57 Å². The number of hydrogen-bond donors (Lipinski definition) is 2.